The number of aromatic amines is 1. The zero-order chi connectivity index (χ0) is 18.9. The number of fused-ring (bicyclic) bond motifs is 1. The Kier molecular flexibility index (Phi) is 4.69. The molecule has 0 spiro atoms. The van der Waals surface area contributed by atoms with Crippen LogP contribution in [0.1, 0.15) is 11.1 Å². The van der Waals surface area contributed by atoms with E-state index in [9.17, 15) is 18.5 Å². The standard InChI is InChI=1S/C18H19N3O4S/c1-12-4-3-5-15-18(12)13(11-20-15)8-9-19-14-6-7-16(21(22)23)17(10-14)26(2,24)25/h3-7,10-11,19-20H,8-9H2,1-2H3. The van der Waals surface area contributed by atoms with Crippen LogP contribution in [0.3, 0.4) is 0 Å². The summed E-state index contributed by atoms with van der Waals surface area (Å²) < 4.78 is 23.6. The average molecular weight is 373 g/mol. The molecule has 0 bridgehead atoms. The molecule has 0 unspecified atom stereocenters. The van der Waals surface area contributed by atoms with Gasteiger partial charge in [-0.25, -0.2) is 8.42 Å². The number of hydrogen-bond acceptors (Lipinski definition) is 5. The number of aromatic nitrogens is 1. The van der Waals surface area contributed by atoms with Crippen molar-refractivity contribution in [1.82, 2.24) is 4.98 Å². The van der Waals surface area contributed by atoms with Gasteiger partial charge in [-0.2, -0.15) is 0 Å². The highest BCUT2D eigenvalue weighted by atomic mass is 32.2. The lowest BCUT2D eigenvalue weighted by Crippen LogP contribution is -2.07. The van der Waals surface area contributed by atoms with Crippen LogP contribution in [-0.2, 0) is 16.3 Å². The quantitative estimate of drug-likeness (QED) is 0.509. The van der Waals surface area contributed by atoms with Crippen LogP contribution in [0.4, 0.5) is 11.4 Å². The number of H-pyrrole nitrogens is 1. The van der Waals surface area contributed by atoms with Crippen molar-refractivity contribution in [3.8, 4) is 0 Å². The van der Waals surface area contributed by atoms with Gasteiger partial charge in [0.25, 0.3) is 5.69 Å². The lowest BCUT2D eigenvalue weighted by Gasteiger charge is -2.09. The first kappa shape index (κ1) is 17.9. The number of anilines is 1. The third-order valence-electron chi connectivity index (χ3n) is 4.28. The largest absolute Gasteiger partial charge is 0.385 e. The van der Waals surface area contributed by atoms with E-state index in [1.165, 1.54) is 29.1 Å². The van der Waals surface area contributed by atoms with Gasteiger partial charge in [0.2, 0.25) is 0 Å². The van der Waals surface area contributed by atoms with E-state index in [2.05, 4.69) is 23.3 Å². The Balaban J connectivity index is 1.79. The van der Waals surface area contributed by atoms with Gasteiger partial charge in [-0.15, -0.1) is 0 Å². The summed E-state index contributed by atoms with van der Waals surface area (Å²) in [5.41, 5.74) is 3.55. The smallest absolute Gasteiger partial charge is 0.288 e. The van der Waals surface area contributed by atoms with Gasteiger partial charge in [0.05, 0.1) is 4.92 Å². The van der Waals surface area contributed by atoms with E-state index in [1.807, 2.05) is 18.3 Å². The second-order valence-corrected chi connectivity index (χ2v) is 8.18. The Morgan fingerprint density at radius 2 is 2.00 bits per heavy atom. The fraction of sp³-hybridized carbons (Fsp3) is 0.222. The van der Waals surface area contributed by atoms with E-state index >= 15 is 0 Å². The number of nitrogens with one attached hydrogen (secondary N) is 2. The average Bonchev–Trinajstić information content (AvgIpc) is 2.98. The van der Waals surface area contributed by atoms with Gasteiger partial charge in [0, 0.05) is 41.7 Å². The molecule has 2 aromatic carbocycles. The Labute approximate surface area is 151 Å². The summed E-state index contributed by atoms with van der Waals surface area (Å²) in [4.78, 5) is 13.3. The zero-order valence-electron chi connectivity index (χ0n) is 14.4. The number of hydrogen-bond donors (Lipinski definition) is 2. The van der Waals surface area contributed by atoms with Crippen molar-refractivity contribution < 1.29 is 13.3 Å². The van der Waals surface area contributed by atoms with Gasteiger partial charge in [0.15, 0.2) is 9.84 Å². The zero-order valence-corrected chi connectivity index (χ0v) is 15.3. The first-order valence-electron chi connectivity index (χ1n) is 8.05. The van der Waals surface area contributed by atoms with Gasteiger partial charge in [-0.3, -0.25) is 10.1 Å². The maximum atomic E-state index is 11.8. The van der Waals surface area contributed by atoms with Crippen molar-refractivity contribution in [1.29, 1.82) is 0 Å². The minimum Gasteiger partial charge on any atom is -0.385 e. The molecule has 0 saturated heterocycles. The molecule has 0 atom stereocenters. The van der Waals surface area contributed by atoms with E-state index in [1.54, 1.807) is 0 Å². The molecule has 0 aliphatic carbocycles. The fourth-order valence-corrected chi connectivity index (χ4v) is 3.93. The van der Waals surface area contributed by atoms with Crippen LogP contribution < -0.4 is 5.32 Å². The maximum Gasteiger partial charge on any atom is 0.288 e. The summed E-state index contributed by atoms with van der Waals surface area (Å²) in [6.07, 6.45) is 3.67. The van der Waals surface area contributed by atoms with Crippen molar-refractivity contribution in [2.24, 2.45) is 0 Å². The Hall–Kier alpha value is -2.87. The van der Waals surface area contributed by atoms with Gasteiger partial charge in [-0.05, 0) is 42.7 Å². The summed E-state index contributed by atoms with van der Waals surface area (Å²) in [5, 5.41) is 15.4. The van der Waals surface area contributed by atoms with E-state index in [4.69, 9.17) is 0 Å². The fourth-order valence-electron chi connectivity index (χ4n) is 3.06. The van der Waals surface area contributed by atoms with E-state index in [0.717, 1.165) is 23.8 Å². The van der Waals surface area contributed by atoms with Crippen LogP contribution in [0.15, 0.2) is 47.5 Å². The third kappa shape index (κ3) is 3.55. The van der Waals surface area contributed by atoms with Crippen LogP contribution in [0.25, 0.3) is 10.9 Å². The Morgan fingerprint density at radius 1 is 1.23 bits per heavy atom. The number of nitro benzene ring substituents is 1. The SMILES string of the molecule is Cc1cccc2[nH]cc(CCNc3ccc([N+](=O)[O-])c(S(C)(=O)=O)c3)c12. The second-order valence-electron chi connectivity index (χ2n) is 6.20. The number of sulfone groups is 1. The normalized spacial score (nSPS) is 11.6. The Bertz CT molecular complexity index is 1090. The molecular formula is C18H19N3O4S. The highest BCUT2D eigenvalue weighted by Crippen LogP contribution is 2.27. The molecule has 2 N–H and O–H groups in total. The van der Waals surface area contributed by atoms with Crippen molar-refractivity contribution >= 4 is 32.1 Å². The predicted octanol–water partition coefficient (Wildman–Crippen LogP) is 3.44. The maximum absolute atomic E-state index is 11.8. The van der Waals surface area contributed by atoms with E-state index in [-0.39, 0.29) is 4.90 Å². The molecule has 0 saturated carbocycles. The molecule has 136 valence electrons. The van der Waals surface area contributed by atoms with Crippen molar-refractivity contribution in [3.63, 3.8) is 0 Å². The van der Waals surface area contributed by atoms with Crippen molar-refractivity contribution in [3.05, 3.63) is 63.8 Å². The molecule has 0 amide bonds. The van der Waals surface area contributed by atoms with Crippen LogP contribution in [0.2, 0.25) is 0 Å². The molecule has 1 heterocycles. The molecule has 1 aromatic heterocycles. The van der Waals surface area contributed by atoms with Crippen molar-refractivity contribution in [2.45, 2.75) is 18.2 Å². The number of benzene rings is 2. The molecule has 0 aliphatic rings. The number of rotatable bonds is 6. The monoisotopic (exact) mass is 373 g/mol. The summed E-state index contributed by atoms with van der Waals surface area (Å²) in [6.45, 7) is 2.63. The second kappa shape index (κ2) is 6.80. The predicted molar refractivity (Wildman–Crippen MR) is 101 cm³/mol. The summed E-state index contributed by atoms with van der Waals surface area (Å²) >= 11 is 0. The van der Waals surface area contributed by atoms with Crippen LogP contribution in [0.5, 0.6) is 0 Å². The summed E-state index contributed by atoms with van der Waals surface area (Å²) in [7, 11) is -3.69. The lowest BCUT2D eigenvalue weighted by atomic mass is 10.1. The van der Waals surface area contributed by atoms with Gasteiger partial charge in [0.1, 0.15) is 4.90 Å². The highest BCUT2D eigenvalue weighted by molar-refractivity contribution is 7.90. The molecular weight excluding hydrogens is 354 g/mol. The molecule has 0 radical (unpaired) electrons. The number of aryl methyl sites for hydroxylation is 1. The van der Waals surface area contributed by atoms with Gasteiger partial charge >= 0.3 is 0 Å². The van der Waals surface area contributed by atoms with E-state index < -0.39 is 20.4 Å². The number of nitrogens with zero attached hydrogens (tertiary/aromatic N) is 1. The topological polar surface area (TPSA) is 105 Å². The Morgan fingerprint density at radius 3 is 2.69 bits per heavy atom. The van der Waals surface area contributed by atoms with E-state index in [0.29, 0.717) is 12.2 Å². The number of nitro groups is 1. The summed E-state index contributed by atoms with van der Waals surface area (Å²) in [5.74, 6) is 0. The van der Waals surface area contributed by atoms with Crippen LogP contribution >= 0.6 is 0 Å². The molecule has 8 heteroatoms. The van der Waals surface area contributed by atoms with Gasteiger partial charge in [-0.1, -0.05) is 12.1 Å². The molecule has 3 aromatic rings. The molecule has 7 nitrogen and oxygen atoms in total. The minimum atomic E-state index is -3.69. The minimum absolute atomic E-state index is 0.282. The van der Waals surface area contributed by atoms with Crippen LogP contribution in [-0.4, -0.2) is 31.1 Å². The summed E-state index contributed by atoms with van der Waals surface area (Å²) in [6, 6.07) is 10.1. The van der Waals surface area contributed by atoms with Crippen molar-refractivity contribution in [2.75, 3.05) is 18.1 Å². The molecule has 0 fully saturated rings. The highest BCUT2D eigenvalue weighted by Gasteiger charge is 2.22. The molecule has 0 aliphatic heterocycles. The first-order chi connectivity index (χ1) is 12.3. The van der Waals surface area contributed by atoms with Gasteiger partial charge < -0.3 is 10.3 Å². The van der Waals surface area contributed by atoms with Crippen LogP contribution in [0, 0.1) is 17.0 Å². The molecule has 3 rings (SSSR count). The molecule has 26 heavy (non-hydrogen) atoms. The lowest BCUT2D eigenvalue weighted by molar-refractivity contribution is -0.387. The third-order valence-corrected chi connectivity index (χ3v) is 5.40. The first-order valence-corrected chi connectivity index (χ1v) is 9.94.